The summed E-state index contributed by atoms with van der Waals surface area (Å²) < 4.78 is 0. The Morgan fingerprint density at radius 1 is 1.33 bits per heavy atom. The van der Waals surface area contributed by atoms with Gasteiger partial charge in [0.05, 0.1) is 17.4 Å². The highest BCUT2D eigenvalue weighted by Crippen LogP contribution is 2.35. The van der Waals surface area contributed by atoms with Crippen molar-refractivity contribution in [2.75, 3.05) is 5.32 Å². The lowest BCUT2D eigenvalue weighted by molar-refractivity contribution is -0.146. The van der Waals surface area contributed by atoms with Gasteiger partial charge in [0.1, 0.15) is 11.1 Å². The van der Waals surface area contributed by atoms with Crippen LogP contribution in [-0.2, 0) is 9.59 Å². The average molecular weight is 304 g/mol. The minimum absolute atomic E-state index is 0.326. The van der Waals surface area contributed by atoms with E-state index in [2.05, 4.69) is 5.32 Å². The third kappa shape index (κ3) is 3.14. The van der Waals surface area contributed by atoms with Gasteiger partial charge >= 0.3 is 5.97 Å². The van der Waals surface area contributed by atoms with E-state index in [9.17, 15) is 14.7 Å². The highest BCUT2D eigenvalue weighted by molar-refractivity contribution is 7.14. The summed E-state index contributed by atoms with van der Waals surface area (Å²) in [5.74, 6) is -2.58. The molecule has 1 aromatic heterocycles. The van der Waals surface area contributed by atoms with Gasteiger partial charge in [0.15, 0.2) is 0 Å². The zero-order valence-electron chi connectivity index (χ0n) is 11.8. The van der Waals surface area contributed by atoms with Gasteiger partial charge < -0.3 is 10.4 Å². The first-order valence-corrected chi connectivity index (χ1v) is 7.48. The van der Waals surface area contributed by atoms with Crippen molar-refractivity contribution < 1.29 is 14.7 Å². The quantitative estimate of drug-likeness (QED) is 0.840. The maximum Gasteiger partial charge on any atom is 0.307 e. The Hall–Kier alpha value is -2.13. The van der Waals surface area contributed by atoms with Gasteiger partial charge in [0.25, 0.3) is 0 Å². The van der Waals surface area contributed by atoms with Crippen molar-refractivity contribution in [1.29, 1.82) is 5.26 Å². The molecule has 2 atom stereocenters. The number of rotatable bonds is 3. The third-order valence-electron chi connectivity index (χ3n) is 3.94. The number of carboxylic acids is 1. The van der Waals surface area contributed by atoms with Crippen LogP contribution in [0.5, 0.6) is 0 Å². The van der Waals surface area contributed by atoms with Gasteiger partial charge in [-0.1, -0.05) is 11.1 Å². The van der Waals surface area contributed by atoms with E-state index in [0.717, 1.165) is 11.1 Å². The van der Waals surface area contributed by atoms with Gasteiger partial charge in [-0.2, -0.15) is 5.26 Å². The summed E-state index contributed by atoms with van der Waals surface area (Å²) in [7, 11) is 0. The van der Waals surface area contributed by atoms with Crippen LogP contribution in [0.4, 0.5) is 5.00 Å². The van der Waals surface area contributed by atoms with Crippen molar-refractivity contribution >= 4 is 28.2 Å². The molecule has 1 heterocycles. The molecule has 2 rings (SSSR count). The number of nitrogens with zero attached hydrogens (tertiary/aromatic N) is 1. The monoisotopic (exact) mass is 304 g/mol. The fourth-order valence-electron chi connectivity index (χ4n) is 2.53. The van der Waals surface area contributed by atoms with E-state index in [-0.39, 0.29) is 5.91 Å². The normalized spacial score (nSPS) is 21.8. The Morgan fingerprint density at radius 3 is 2.52 bits per heavy atom. The number of amides is 1. The third-order valence-corrected chi connectivity index (χ3v) is 4.77. The van der Waals surface area contributed by atoms with Crippen molar-refractivity contribution in [3.8, 4) is 6.07 Å². The highest BCUT2D eigenvalue weighted by Gasteiger charge is 2.37. The summed E-state index contributed by atoms with van der Waals surface area (Å²) in [5.41, 5.74) is 2.51. The van der Waals surface area contributed by atoms with Crippen molar-refractivity contribution in [3.05, 3.63) is 28.2 Å². The topological polar surface area (TPSA) is 90.2 Å². The molecule has 1 aliphatic rings. The first-order valence-electron chi connectivity index (χ1n) is 6.60. The lowest BCUT2D eigenvalue weighted by Crippen LogP contribution is -2.36. The predicted octanol–water partition coefficient (Wildman–Crippen LogP) is 3.01. The largest absolute Gasteiger partial charge is 0.481 e. The van der Waals surface area contributed by atoms with Crippen molar-refractivity contribution in [2.45, 2.75) is 26.7 Å². The number of carbonyl (C=O) groups excluding carboxylic acids is 1. The Bertz CT molecular complexity index is 654. The Balaban J connectivity index is 2.21. The maximum atomic E-state index is 12.4. The van der Waals surface area contributed by atoms with E-state index in [1.807, 2.05) is 19.9 Å². The summed E-state index contributed by atoms with van der Waals surface area (Å²) in [6.07, 6.45) is 0.844. The number of thiophene rings is 1. The summed E-state index contributed by atoms with van der Waals surface area (Å²) in [5, 5.41) is 23.2. The van der Waals surface area contributed by atoms with Crippen LogP contribution in [0.25, 0.3) is 0 Å². The summed E-state index contributed by atoms with van der Waals surface area (Å²) >= 11 is 1.26. The van der Waals surface area contributed by atoms with Gasteiger partial charge in [-0.3, -0.25) is 9.59 Å². The Labute approximate surface area is 126 Å². The van der Waals surface area contributed by atoms with Crippen LogP contribution >= 0.6 is 11.3 Å². The molecular weight excluding hydrogens is 288 g/mol. The number of hydrogen-bond acceptors (Lipinski definition) is 4. The molecule has 6 heteroatoms. The smallest absolute Gasteiger partial charge is 0.307 e. The van der Waals surface area contributed by atoms with Crippen LogP contribution in [0.15, 0.2) is 22.6 Å². The summed E-state index contributed by atoms with van der Waals surface area (Å²) in [4.78, 5) is 23.8. The molecule has 0 spiro atoms. The van der Waals surface area contributed by atoms with Gasteiger partial charge in [-0.15, -0.1) is 11.3 Å². The molecule has 1 aromatic rings. The van der Waals surface area contributed by atoms with E-state index >= 15 is 0 Å². The molecule has 0 unspecified atom stereocenters. The molecule has 0 aliphatic heterocycles. The highest BCUT2D eigenvalue weighted by atomic mass is 32.1. The van der Waals surface area contributed by atoms with E-state index in [1.165, 1.54) is 11.3 Å². The number of hydrogen-bond donors (Lipinski definition) is 2. The lowest BCUT2D eigenvalue weighted by atomic mass is 9.76. The maximum absolute atomic E-state index is 12.4. The van der Waals surface area contributed by atoms with Crippen molar-refractivity contribution in [3.63, 3.8) is 0 Å². The number of nitrogens with one attached hydrogen (secondary N) is 1. The molecule has 21 heavy (non-hydrogen) atoms. The van der Waals surface area contributed by atoms with Crippen LogP contribution in [0.3, 0.4) is 0 Å². The number of carbonyl (C=O) groups is 2. The summed E-state index contributed by atoms with van der Waals surface area (Å²) in [6.45, 7) is 3.84. The first kappa shape index (κ1) is 15.3. The number of anilines is 1. The molecule has 110 valence electrons. The van der Waals surface area contributed by atoms with Crippen LogP contribution < -0.4 is 5.32 Å². The Morgan fingerprint density at radius 2 is 1.95 bits per heavy atom. The van der Waals surface area contributed by atoms with Crippen LogP contribution in [0.1, 0.15) is 32.3 Å². The predicted molar refractivity (Wildman–Crippen MR) is 79.9 cm³/mol. The molecule has 0 saturated heterocycles. The number of aliphatic carboxylic acids is 1. The van der Waals surface area contributed by atoms with Crippen LogP contribution in [0.2, 0.25) is 0 Å². The molecular formula is C15H16N2O3S. The van der Waals surface area contributed by atoms with Crippen LogP contribution in [-0.4, -0.2) is 17.0 Å². The lowest BCUT2D eigenvalue weighted by Gasteiger charge is -2.29. The standard InChI is InChI=1S/C15H16N2O3S/c1-8-5-11(12(15(19)20)6-9(8)2)13(18)17-14-10(7-16)3-4-21-14/h3-4,11-12H,5-6H2,1-2H3,(H,17,18)(H,19,20)/t11-,12+/m0/s1. The molecule has 5 nitrogen and oxygen atoms in total. The molecule has 2 N–H and O–H groups in total. The van der Waals surface area contributed by atoms with Crippen LogP contribution in [0, 0.1) is 23.2 Å². The van der Waals surface area contributed by atoms with E-state index < -0.39 is 17.8 Å². The second kappa shape index (κ2) is 6.10. The van der Waals surface area contributed by atoms with Gasteiger partial charge in [-0.05, 0) is 38.1 Å². The average Bonchev–Trinajstić information content (AvgIpc) is 2.88. The summed E-state index contributed by atoms with van der Waals surface area (Å²) in [6, 6.07) is 3.63. The molecule has 1 amide bonds. The fraction of sp³-hybridized carbons (Fsp3) is 0.400. The second-order valence-electron chi connectivity index (χ2n) is 5.28. The molecule has 0 fully saturated rings. The molecule has 0 bridgehead atoms. The molecule has 0 saturated carbocycles. The SMILES string of the molecule is CC1=C(C)C[C@@H](C(=O)O)[C@@H](C(=O)Nc2sccc2C#N)C1. The van der Waals surface area contributed by atoms with E-state index in [1.54, 1.807) is 11.4 Å². The van der Waals surface area contributed by atoms with Crippen molar-refractivity contribution in [1.82, 2.24) is 0 Å². The zero-order valence-corrected chi connectivity index (χ0v) is 12.7. The van der Waals surface area contributed by atoms with Gasteiger partial charge in [0, 0.05) is 0 Å². The second-order valence-corrected chi connectivity index (χ2v) is 6.20. The number of allylic oxidation sites excluding steroid dienone is 2. The minimum Gasteiger partial charge on any atom is -0.481 e. The zero-order chi connectivity index (χ0) is 15.6. The molecule has 1 aliphatic carbocycles. The van der Waals surface area contributed by atoms with E-state index in [4.69, 9.17) is 5.26 Å². The number of carboxylic acid groups (broad SMARTS) is 1. The van der Waals surface area contributed by atoms with Gasteiger partial charge in [-0.25, -0.2) is 0 Å². The fourth-order valence-corrected chi connectivity index (χ4v) is 3.27. The van der Waals surface area contributed by atoms with E-state index in [0.29, 0.717) is 23.4 Å². The number of nitriles is 1. The molecule has 0 aromatic carbocycles. The molecule has 0 radical (unpaired) electrons. The van der Waals surface area contributed by atoms with Gasteiger partial charge in [0.2, 0.25) is 5.91 Å². The van der Waals surface area contributed by atoms with Crippen molar-refractivity contribution in [2.24, 2.45) is 11.8 Å². The Kier molecular flexibility index (Phi) is 4.43. The minimum atomic E-state index is -0.950. The first-order chi connectivity index (χ1) is 9.93.